The summed E-state index contributed by atoms with van der Waals surface area (Å²) in [4.78, 5) is 21.5. The zero-order chi connectivity index (χ0) is 11.0. The van der Waals surface area contributed by atoms with E-state index in [1.165, 1.54) is 7.11 Å². The molecule has 5 heteroatoms. The Bertz CT molecular complexity index is 194. The van der Waals surface area contributed by atoms with Gasteiger partial charge in [-0.05, 0) is 19.3 Å². The minimum absolute atomic E-state index is 0.0744. The van der Waals surface area contributed by atoms with Gasteiger partial charge in [0.25, 0.3) is 0 Å². The van der Waals surface area contributed by atoms with Crippen molar-refractivity contribution in [2.75, 3.05) is 13.7 Å². The number of carbonyl (C=O) groups excluding carboxylic acids is 2. The summed E-state index contributed by atoms with van der Waals surface area (Å²) in [7, 11) is 1.38. The highest BCUT2D eigenvalue weighted by molar-refractivity contribution is 5.72. The van der Waals surface area contributed by atoms with Gasteiger partial charge in [0.05, 0.1) is 13.0 Å². The van der Waals surface area contributed by atoms with E-state index in [0.29, 0.717) is 13.0 Å². The Balaban J connectivity index is 3.63. The van der Waals surface area contributed by atoms with Crippen LogP contribution < -0.4 is 11.1 Å². The second-order valence-electron chi connectivity index (χ2n) is 3.06. The summed E-state index contributed by atoms with van der Waals surface area (Å²) in [5, 5.41) is 2.47. The highest BCUT2D eigenvalue weighted by atomic mass is 16.5. The van der Waals surface area contributed by atoms with Gasteiger partial charge in [0.15, 0.2) is 0 Å². The molecule has 0 aromatic heterocycles. The fourth-order valence-electron chi connectivity index (χ4n) is 1.22. The molecular weight excluding hydrogens is 184 g/mol. The van der Waals surface area contributed by atoms with E-state index in [2.05, 4.69) is 10.1 Å². The smallest absolute Gasteiger partial charge is 0.312 e. The molecule has 3 N–H and O–H groups in total. The molecule has 82 valence electrons. The predicted octanol–water partition coefficient (Wildman–Crippen LogP) is 0.634. The Kier molecular flexibility index (Phi) is 6.53. The molecule has 0 aromatic carbocycles. The molecule has 14 heavy (non-hydrogen) atoms. The first kappa shape index (κ1) is 12.7. The van der Waals surface area contributed by atoms with Gasteiger partial charge in [-0.15, -0.1) is 0 Å². The van der Waals surface area contributed by atoms with Gasteiger partial charge >= 0.3 is 12.0 Å². The van der Waals surface area contributed by atoms with Gasteiger partial charge in [0, 0.05) is 6.54 Å². The molecule has 0 radical (unpaired) electrons. The van der Waals surface area contributed by atoms with Crippen LogP contribution in [0.4, 0.5) is 4.79 Å². The SMILES string of the molecule is CCC(CCCNC(N)=O)C(=O)OC. The van der Waals surface area contributed by atoms with Gasteiger partial charge in [-0.3, -0.25) is 4.79 Å². The third-order valence-corrected chi connectivity index (χ3v) is 2.06. The Morgan fingerprint density at radius 1 is 1.50 bits per heavy atom. The van der Waals surface area contributed by atoms with Crippen LogP contribution in [0.3, 0.4) is 0 Å². The Hall–Kier alpha value is -1.26. The van der Waals surface area contributed by atoms with Gasteiger partial charge in [0.1, 0.15) is 0 Å². The van der Waals surface area contributed by atoms with E-state index in [-0.39, 0.29) is 11.9 Å². The highest BCUT2D eigenvalue weighted by Crippen LogP contribution is 2.11. The second-order valence-corrected chi connectivity index (χ2v) is 3.06. The maximum Gasteiger partial charge on any atom is 0.312 e. The molecule has 5 nitrogen and oxygen atoms in total. The summed E-state index contributed by atoms with van der Waals surface area (Å²) in [6.07, 6.45) is 2.20. The molecule has 0 saturated heterocycles. The van der Waals surface area contributed by atoms with Crippen LogP contribution in [0.25, 0.3) is 0 Å². The maximum absolute atomic E-state index is 11.1. The number of carbonyl (C=O) groups is 2. The number of hydrogen-bond donors (Lipinski definition) is 2. The number of ether oxygens (including phenoxy) is 1. The number of primary amides is 1. The average molecular weight is 202 g/mol. The lowest BCUT2D eigenvalue weighted by Crippen LogP contribution is -2.30. The number of amides is 2. The van der Waals surface area contributed by atoms with Crippen molar-refractivity contribution in [3.63, 3.8) is 0 Å². The maximum atomic E-state index is 11.1. The first-order valence-corrected chi connectivity index (χ1v) is 4.73. The molecule has 0 fully saturated rings. The van der Waals surface area contributed by atoms with Crippen LogP contribution >= 0.6 is 0 Å². The van der Waals surface area contributed by atoms with Crippen molar-refractivity contribution < 1.29 is 14.3 Å². The summed E-state index contributed by atoms with van der Waals surface area (Å²) in [5.41, 5.74) is 4.89. The van der Waals surface area contributed by atoms with Crippen LogP contribution in [0.5, 0.6) is 0 Å². The number of rotatable bonds is 6. The van der Waals surface area contributed by atoms with Gasteiger partial charge in [-0.25, -0.2) is 4.79 Å². The van der Waals surface area contributed by atoms with E-state index >= 15 is 0 Å². The van der Waals surface area contributed by atoms with E-state index in [9.17, 15) is 9.59 Å². The molecular formula is C9H18N2O3. The van der Waals surface area contributed by atoms with Crippen molar-refractivity contribution in [2.45, 2.75) is 26.2 Å². The third-order valence-electron chi connectivity index (χ3n) is 2.06. The molecule has 0 saturated carbocycles. The van der Waals surface area contributed by atoms with Crippen LogP contribution in [0.1, 0.15) is 26.2 Å². The summed E-state index contributed by atoms with van der Waals surface area (Å²) in [6.45, 7) is 2.44. The molecule has 0 heterocycles. The van der Waals surface area contributed by atoms with Crippen LogP contribution in [-0.2, 0) is 9.53 Å². The van der Waals surface area contributed by atoms with Gasteiger partial charge in [-0.2, -0.15) is 0 Å². The Morgan fingerprint density at radius 3 is 2.57 bits per heavy atom. The number of nitrogens with two attached hydrogens (primary N) is 1. The van der Waals surface area contributed by atoms with Gasteiger partial charge < -0.3 is 15.8 Å². The summed E-state index contributed by atoms with van der Waals surface area (Å²) < 4.78 is 4.63. The highest BCUT2D eigenvalue weighted by Gasteiger charge is 2.15. The lowest BCUT2D eigenvalue weighted by atomic mass is 10.0. The van der Waals surface area contributed by atoms with E-state index < -0.39 is 6.03 Å². The fourth-order valence-corrected chi connectivity index (χ4v) is 1.22. The number of esters is 1. The zero-order valence-corrected chi connectivity index (χ0v) is 8.71. The first-order valence-electron chi connectivity index (χ1n) is 4.73. The Labute approximate surface area is 84.0 Å². The molecule has 0 aromatic rings. The predicted molar refractivity (Wildman–Crippen MR) is 52.6 cm³/mol. The molecule has 1 unspecified atom stereocenters. The van der Waals surface area contributed by atoms with E-state index in [1.807, 2.05) is 6.92 Å². The van der Waals surface area contributed by atoms with Gasteiger partial charge in [-0.1, -0.05) is 6.92 Å². The van der Waals surface area contributed by atoms with E-state index in [1.54, 1.807) is 0 Å². The second kappa shape index (κ2) is 7.17. The molecule has 0 spiro atoms. The summed E-state index contributed by atoms with van der Waals surface area (Å²) >= 11 is 0. The fraction of sp³-hybridized carbons (Fsp3) is 0.778. The van der Waals surface area contributed by atoms with Crippen molar-refractivity contribution in [2.24, 2.45) is 11.7 Å². The standard InChI is InChI=1S/C9H18N2O3/c1-3-7(8(12)14-2)5-4-6-11-9(10)13/h7H,3-6H2,1-2H3,(H3,10,11,13). The first-order chi connectivity index (χ1) is 6.61. The zero-order valence-electron chi connectivity index (χ0n) is 8.71. The van der Waals surface area contributed by atoms with E-state index in [4.69, 9.17) is 5.73 Å². The lowest BCUT2D eigenvalue weighted by Gasteiger charge is -2.11. The quantitative estimate of drug-likeness (QED) is 0.489. The van der Waals surface area contributed by atoms with Crippen molar-refractivity contribution in [1.82, 2.24) is 5.32 Å². The van der Waals surface area contributed by atoms with Crippen molar-refractivity contribution >= 4 is 12.0 Å². The topological polar surface area (TPSA) is 81.4 Å². The minimum Gasteiger partial charge on any atom is -0.469 e. The molecule has 0 aliphatic heterocycles. The van der Waals surface area contributed by atoms with Crippen LogP contribution in [0.2, 0.25) is 0 Å². The van der Waals surface area contributed by atoms with E-state index in [0.717, 1.165) is 12.8 Å². The molecule has 2 amide bonds. The normalized spacial score (nSPS) is 11.9. The number of urea groups is 1. The number of hydrogen-bond acceptors (Lipinski definition) is 3. The third kappa shape index (κ3) is 5.40. The van der Waals surface area contributed by atoms with Crippen LogP contribution in [0.15, 0.2) is 0 Å². The number of methoxy groups -OCH3 is 1. The molecule has 0 rings (SSSR count). The largest absolute Gasteiger partial charge is 0.469 e. The van der Waals surface area contributed by atoms with Crippen LogP contribution in [-0.4, -0.2) is 25.7 Å². The lowest BCUT2D eigenvalue weighted by molar-refractivity contribution is -0.145. The summed E-state index contributed by atoms with van der Waals surface area (Å²) in [6, 6.07) is -0.531. The summed E-state index contributed by atoms with van der Waals surface area (Å²) in [5.74, 6) is -0.263. The number of nitrogens with one attached hydrogen (secondary N) is 1. The molecule has 1 atom stereocenters. The molecule has 0 bridgehead atoms. The van der Waals surface area contributed by atoms with Crippen molar-refractivity contribution in [3.05, 3.63) is 0 Å². The monoisotopic (exact) mass is 202 g/mol. The van der Waals surface area contributed by atoms with Crippen molar-refractivity contribution in [3.8, 4) is 0 Å². The van der Waals surface area contributed by atoms with Crippen molar-refractivity contribution in [1.29, 1.82) is 0 Å². The Morgan fingerprint density at radius 2 is 2.14 bits per heavy atom. The minimum atomic E-state index is -0.531. The van der Waals surface area contributed by atoms with Gasteiger partial charge in [0.2, 0.25) is 0 Å². The average Bonchev–Trinajstić information content (AvgIpc) is 2.16. The molecule has 0 aliphatic rings. The molecule has 0 aliphatic carbocycles. The van der Waals surface area contributed by atoms with Crippen LogP contribution in [0, 0.1) is 5.92 Å².